The van der Waals surface area contributed by atoms with E-state index in [-0.39, 0.29) is 0 Å². The van der Waals surface area contributed by atoms with Gasteiger partial charge in [-0.2, -0.15) is 0 Å². The van der Waals surface area contributed by atoms with Crippen molar-refractivity contribution in [1.29, 1.82) is 0 Å². The summed E-state index contributed by atoms with van der Waals surface area (Å²) in [7, 11) is 0. The standard InChI is InChI=1S/C60H38N2S/c1-2-15-39(16-3-1)46-20-10-12-25-54(46)62-55-26-13-11-24-50(55)51-36-34-44(38-57(51)62)61(56-27-14-28-58-59(56)52-35-31-40-17-4-7-21-47(40)60(52)63-58)43-32-29-41(30-33-43)53-37-42-18-5-6-19-45(42)48-22-8-9-23-49(48)53/h1-38H. The van der Waals surface area contributed by atoms with Gasteiger partial charge in [-0.05, 0) is 104 Å². The second-order valence-electron chi connectivity index (χ2n) is 16.4. The average Bonchev–Trinajstić information content (AvgIpc) is 3.91. The zero-order valence-electron chi connectivity index (χ0n) is 34.2. The van der Waals surface area contributed by atoms with Crippen molar-refractivity contribution in [3.63, 3.8) is 0 Å². The number of nitrogens with zero attached hydrogens (tertiary/aromatic N) is 2. The summed E-state index contributed by atoms with van der Waals surface area (Å²) in [5.41, 5.74) is 11.7. The largest absolute Gasteiger partial charge is 0.310 e. The lowest BCUT2D eigenvalue weighted by Gasteiger charge is -2.27. The molecule has 294 valence electrons. The third kappa shape index (κ3) is 5.64. The van der Waals surface area contributed by atoms with Crippen LogP contribution in [0.1, 0.15) is 0 Å². The molecule has 63 heavy (non-hydrogen) atoms. The van der Waals surface area contributed by atoms with Gasteiger partial charge < -0.3 is 9.47 Å². The van der Waals surface area contributed by atoms with Crippen LogP contribution in [0.5, 0.6) is 0 Å². The van der Waals surface area contributed by atoms with Gasteiger partial charge in [-0.25, -0.2) is 0 Å². The zero-order valence-corrected chi connectivity index (χ0v) is 35.1. The molecule has 0 radical (unpaired) electrons. The van der Waals surface area contributed by atoms with E-state index >= 15 is 0 Å². The van der Waals surface area contributed by atoms with Crippen molar-refractivity contribution in [3.05, 3.63) is 231 Å². The molecule has 0 aliphatic carbocycles. The summed E-state index contributed by atoms with van der Waals surface area (Å²) in [5.74, 6) is 0. The molecule has 0 aliphatic rings. The number of rotatable bonds is 6. The predicted molar refractivity (Wildman–Crippen MR) is 272 cm³/mol. The highest BCUT2D eigenvalue weighted by Crippen LogP contribution is 2.48. The van der Waals surface area contributed by atoms with Crippen LogP contribution in [0.2, 0.25) is 0 Å². The highest BCUT2D eigenvalue weighted by molar-refractivity contribution is 7.26. The summed E-state index contributed by atoms with van der Waals surface area (Å²) in [6, 6.07) is 84.8. The Kier molecular flexibility index (Phi) is 8.12. The molecule has 11 aromatic carbocycles. The summed E-state index contributed by atoms with van der Waals surface area (Å²) in [4.78, 5) is 2.48. The van der Waals surface area contributed by atoms with Crippen LogP contribution in [0.25, 0.3) is 102 Å². The average molecular weight is 819 g/mol. The highest BCUT2D eigenvalue weighted by atomic mass is 32.1. The van der Waals surface area contributed by atoms with Gasteiger partial charge in [0.05, 0.1) is 22.4 Å². The molecule has 13 rings (SSSR count). The van der Waals surface area contributed by atoms with Gasteiger partial charge in [0.25, 0.3) is 0 Å². The van der Waals surface area contributed by atoms with E-state index in [9.17, 15) is 0 Å². The van der Waals surface area contributed by atoms with Crippen molar-refractivity contribution in [1.82, 2.24) is 4.57 Å². The molecule has 0 N–H and O–H groups in total. The first-order chi connectivity index (χ1) is 31.3. The van der Waals surface area contributed by atoms with E-state index in [1.807, 2.05) is 11.3 Å². The molecule has 13 aromatic rings. The van der Waals surface area contributed by atoms with Gasteiger partial charge in [0.2, 0.25) is 0 Å². The monoisotopic (exact) mass is 818 g/mol. The fraction of sp³-hybridized carbons (Fsp3) is 0. The van der Waals surface area contributed by atoms with Gasteiger partial charge in [0.1, 0.15) is 0 Å². The van der Waals surface area contributed by atoms with Crippen molar-refractivity contribution in [2.24, 2.45) is 0 Å². The zero-order chi connectivity index (χ0) is 41.4. The number of fused-ring (bicyclic) bond motifs is 11. The van der Waals surface area contributed by atoms with Gasteiger partial charge in [-0.1, -0.05) is 176 Å². The summed E-state index contributed by atoms with van der Waals surface area (Å²) >= 11 is 1.89. The second-order valence-corrected chi connectivity index (χ2v) is 17.5. The Morgan fingerprint density at radius 1 is 0.349 bits per heavy atom. The third-order valence-corrected chi connectivity index (χ3v) is 14.2. The van der Waals surface area contributed by atoms with Crippen LogP contribution in [-0.2, 0) is 0 Å². The van der Waals surface area contributed by atoms with E-state index in [1.54, 1.807) is 0 Å². The first kappa shape index (κ1) is 35.7. The molecule has 0 atom stereocenters. The van der Waals surface area contributed by atoms with Crippen LogP contribution in [0.15, 0.2) is 231 Å². The summed E-state index contributed by atoms with van der Waals surface area (Å²) < 4.78 is 5.06. The van der Waals surface area contributed by atoms with E-state index in [0.717, 1.165) is 28.3 Å². The predicted octanol–water partition coefficient (Wildman–Crippen LogP) is 17.4. The Hall–Kier alpha value is -7.98. The molecule has 0 amide bonds. The quantitative estimate of drug-likeness (QED) is 0.152. The van der Waals surface area contributed by atoms with Gasteiger partial charge in [-0.3, -0.25) is 0 Å². The number of benzene rings is 11. The maximum absolute atomic E-state index is 2.48. The number of aromatic nitrogens is 1. The Labute approximate surface area is 368 Å². The highest BCUT2D eigenvalue weighted by Gasteiger charge is 2.22. The summed E-state index contributed by atoms with van der Waals surface area (Å²) in [5, 5.41) is 12.6. The lowest BCUT2D eigenvalue weighted by atomic mass is 9.93. The first-order valence-corrected chi connectivity index (χ1v) is 22.4. The van der Waals surface area contributed by atoms with Crippen molar-refractivity contribution < 1.29 is 0 Å². The Bertz CT molecular complexity index is 3910. The Morgan fingerprint density at radius 3 is 1.84 bits per heavy atom. The van der Waals surface area contributed by atoms with Gasteiger partial charge in [-0.15, -0.1) is 11.3 Å². The lowest BCUT2D eigenvalue weighted by molar-refractivity contribution is 1.18. The molecule has 0 fully saturated rings. The second kappa shape index (κ2) is 14.3. The van der Waals surface area contributed by atoms with Crippen LogP contribution >= 0.6 is 11.3 Å². The molecule has 0 saturated heterocycles. The fourth-order valence-corrected chi connectivity index (χ4v) is 11.4. The van der Waals surface area contributed by atoms with Gasteiger partial charge in [0.15, 0.2) is 0 Å². The van der Waals surface area contributed by atoms with Crippen LogP contribution < -0.4 is 4.90 Å². The van der Waals surface area contributed by atoms with Crippen molar-refractivity contribution >= 4 is 103 Å². The van der Waals surface area contributed by atoms with Crippen molar-refractivity contribution in [3.8, 4) is 27.9 Å². The molecule has 3 heteroatoms. The smallest absolute Gasteiger partial charge is 0.0562 e. The van der Waals surface area contributed by atoms with E-state index in [4.69, 9.17) is 0 Å². The lowest BCUT2D eigenvalue weighted by Crippen LogP contribution is -2.10. The molecule has 0 saturated carbocycles. The maximum Gasteiger partial charge on any atom is 0.0562 e. The van der Waals surface area contributed by atoms with E-state index in [2.05, 4.69) is 240 Å². The first-order valence-electron chi connectivity index (χ1n) is 21.6. The fourth-order valence-electron chi connectivity index (χ4n) is 10.1. The molecular formula is C60H38N2S. The van der Waals surface area contributed by atoms with Crippen molar-refractivity contribution in [2.75, 3.05) is 4.90 Å². The number of hydrogen-bond donors (Lipinski definition) is 0. The molecule has 2 aromatic heterocycles. The Balaban J connectivity index is 1.06. The molecule has 2 heterocycles. The van der Waals surface area contributed by atoms with E-state index in [0.29, 0.717) is 0 Å². The summed E-state index contributed by atoms with van der Waals surface area (Å²) in [6.45, 7) is 0. The number of para-hydroxylation sites is 2. The number of hydrogen-bond acceptors (Lipinski definition) is 2. The maximum atomic E-state index is 2.48. The minimum atomic E-state index is 1.10. The molecule has 0 spiro atoms. The SMILES string of the molecule is c1ccc(-c2ccccc2-n2c3ccccc3c3ccc(N(c4ccc(-c5cc6ccccc6c6ccccc56)cc4)c4cccc5sc6c7ccccc7ccc6c45)cc32)cc1. The van der Waals surface area contributed by atoms with E-state index in [1.165, 1.54) is 91.0 Å². The van der Waals surface area contributed by atoms with Crippen LogP contribution in [0.3, 0.4) is 0 Å². The molecule has 2 nitrogen and oxygen atoms in total. The Morgan fingerprint density at radius 2 is 0.984 bits per heavy atom. The number of anilines is 3. The normalized spacial score (nSPS) is 11.8. The summed E-state index contributed by atoms with van der Waals surface area (Å²) in [6.07, 6.45) is 0. The van der Waals surface area contributed by atoms with Gasteiger partial charge in [0, 0.05) is 47.9 Å². The molecular weight excluding hydrogens is 781 g/mol. The van der Waals surface area contributed by atoms with Gasteiger partial charge >= 0.3 is 0 Å². The van der Waals surface area contributed by atoms with E-state index < -0.39 is 0 Å². The molecule has 0 bridgehead atoms. The minimum Gasteiger partial charge on any atom is -0.310 e. The molecule has 0 aliphatic heterocycles. The van der Waals surface area contributed by atoms with Crippen LogP contribution in [0, 0.1) is 0 Å². The third-order valence-electron chi connectivity index (χ3n) is 13.0. The van der Waals surface area contributed by atoms with Crippen molar-refractivity contribution in [2.45, 2.75) is 0 Å². The minimum absolute atomic E-state index is 1.10. The van der Waals surface area contributed by atoms with Crippen LogP contribution in [-0.4, -0.2) is 4.57 Å². The topological polar surface area (TPSA) is 8.17 Å². The number of thiophene rings is 1. The van der Waals surface area contributed by atoms with Crippen LogP contribution in [0.4, 0.5) is 17.1 Å². The molecule has 0 unspecified atom stereocenters.